The van der Waals surface area contributed by atoms with Crippen LogP contribution >= 0.6 is 0 Å². The van der Waals surface area contributed by atoms with Crippen molar-refractivity contribution in [2.24, 2.45) is 5.73 Å². The number of aliphatic hydroxyl groups excluding tert-OH is 1. The first-order valence-electron chi connectivity index (χ1n) is 6.74. The molecule has 1 amide bonds. The van der Waals surface area contributed by atoms with Crippen molar-refractivity contribution in [3.05, 3.63) is 29.6 Å². The SMILES string of the molecule is NCc1cc(C(=O)N(CCO)C2CCS(=O)(=O)C2)ccn1. The molecule has 116 valence electrons. The third-order valence-corrected chi connectivity index (χ3v) is 5.27. The van der Waals surface area contributed by atoms with Crippen molar-refractivity contribution in [3.63, 3.8) is 0 Å². The van der Waals surface area contributed by atoms with E-state index in [9.17, 15) is 13.2 Å². The highest BCUT2D eigenvalue weighted by Gasteiger charge is 2.34. The van der Waals surface area contributed by atoms with Gasteiger partial charge in [-0.15, -0.1) is 0 Å². The molecule has 3 N–H and O–H groups in total. The van der Waals surface area contributed by atoms with E-state index < -0.39 is 9.84 Å². The smallest absolute Gasteiger partial charge is 0.254 e. The number of carbonyl (C=O) groups is 1. The van der Waals surface area contributed by atoms with Crippen LogP contribution in [0.15, 0.2) is 18.3 Å². The lowest BCUT2D eigenvalue weighted by molar-refractivity contribution is 0.0655. The maximum atomic E-state index is 12.6. The summed E-state index contributed by atoms with van der Waals surface area (Å²) >= 11 is 0. The summed E-state index contributed by atoms with van der Waals surface area (Å²) in [5.74, 6) is -0.270. The van der Waals surface area contributed by atoms with Gasteiger partial charge in [0.05, 0.1) is 23.8 Å². The van der Waals surface area contributed by atoms with Crippen LogP contribution in [-0.2, 0) is 16.4 Å². The van der Waals surface area contributed by atoms with Crippen molar-refractivity contribution in [2.75, 3.05) is 24.7 Å². The van der Waals surface area contributed by atoms with Crippen LogP contribution in [0.3, 0.4) is 0 Å². The molecule has 21 heavy (non-hydrogen) atoms. The topological polar surface area (TPSA) is 114 Å². The number of amides is 1. The standard InChI is InChI=1S/C13H19N3O4S/c14-8-11-7-10(1-3-15-11)13(18)16(4-5-17)12-2-6-21(19,20)9-12/h1,3,7,12,17H,2,4-6,8-9,14H2. The molecule has 0 bridgehead atoms. The molecule has 8 heteroatoms. The number of aliphatic hydroxyl groups is 1. The molecule has 1 aliphatic heterocycles. The third-order valence-electron chi connectivity index (χ3n) is 3.52. The van der Waals surface area contributed by atoms with Crippen molar-refractivity contribution in [1.82, 2.24) is 9.88 Å². The molecular formula is C13H19N3O4S. The lowest BCUT2D eigenvalue weighted by atomic mass is 10.1. The zero-order valence-electron chi connectivity index (χ0n) is 11.6. The first-order chi connectivity index (χ1) is 9.96. The lowest BCUT2D eigenvalue weighted by Gasteiger charge is -2.27. The molecule has 0 radical (unpaired) electrons. The molecule has 7 nitrogen and oxygen atoms in total. The number of hydrogen-bond donors (Lipinski definition) is 2. The van der Waals surface area contributed by atoms with E-state index in [1.165, 1.54) is 11.1 Å². The van der Waals surface area contributed by atoms with Crippen molar-refractivity contribution < 1.29 is 18.3 Å². The van der Waals surface area contributed by atoms with E-state index in [-0.39, 0.29) is 43.2 Å². The quantitative estimate of drug-likeness (QED) is 0.733. The number of rotatable bonds is 5. The highest BCUT2D eigenvalue weighted by Crippen LogP contribution is 2.20. The number of hydrogen-bond acceptors (Lipinski definition) is 6. The first-order valence-corrected chi connectivity index (χ1v) is 8.56. The molecule has 1 aliphatic rings. The third kappa shape index (κ3) is 3.78. The fourth-order valence-corrected chi connectivity index (χ4v) is 4.20. The Morgan fingerprint density at radius 1 is 1.52 bits per heavy atom. The van der Waals surface area contributed by atoms with Gasteiger partial charge >= 0.3 is 0 Å². The number of sulfone groups is 1. The molecule has 2 rings (SSSR count). The van der Waals surface area contributed by atoms with Crippen LogP contribution in [0, 0.1) is 0 Å². The normalized spacial score (nSPS) is 20.4. The number of carbonyl (C=O) groups excluding carboxylic acids is 1. The Morgan fingerprint density at radius 2 is 2.29 bits per heavy atom. The molecule has 1 atom stereocenters. The summed E-state index contributed by atoms with van der Waals surface area (Å²) in [4.78, 5) is 18.0. The van der Waals surface area contributed by atoms with Crippen LogP contribution < -0.4 is 5.73 Å². The average Bonchev–Trinajstić information content (AvgIpc) is 2.84. The Bertz CT molecular complexity index is 618. The Hall–Kier alpha value is -1.51. The van der Waals surface area contributed by atoms with Crippen LogP contribution in [0.25, 0.3) is 0 Å². The fourth-order valence-electron chi connectivity index (χ4n) is 2.47. The molecule has 1 unspecified atom stereocenters. The summed E-state index contributed by atoms with van der Waals surface area (Å²) in [5, 5.41) is 9.15. The summed E-state index contributed by atoms with van der Waals surface area (Å²) in [7, 11) is -3.10. The van der Waals surface area contributed by atoms with Gasteiger partial charge in [-0.2, -0.15) is 0 Å². The number of pyridine rings is 1. The lowest BCUT2D eigenvalue weighted by Crippen LogP contribution is -2.42. The van der Waals surface area contributed by atoms with E-state index in [1.54, 1.807) is 12.1 Å². The van der Waals surface area contributed by atoms with Gasteiger partial charge in [0.15, 0.2) is 9.84 Å². The summed E-state index contributed by atoms with van der Waals surface area (Å²) in [6.07, 6.45) is 1.90. The van der Waals surface area contributed by atoms with Gasteiger partial charge in [-0.25, -0.2) is 8.42 Å². The highest BCUT2D eigenvalue weighted by atomic mass is 32.2. The van der Waals surface area contributed by atoms with E-state index in [4.69, 9.17) is 10.8 Å². The Kier molecular flexibility index (Phi) is 4.92. The molecule has 0 saturated carbocycles. The second-order valence-electron chi connectivity index (χ2n) is 5.02. The van der Waals surface area contributed by atoms with Crippen LogP contribution in [0.1, 0.15) is 22.5 Å². The van der Waals surface area contributed by atoms with Crippen LogP contribution in [-0.4, -0.2) is 60.0 Å². The van der Waals surface area contributed by atoms with Gasteiger partial charge in [-0.3, -0.25) is 9.78 Å². The first kappa shape index (κ1) is 15.9. The summed E-state index contributed by atoms with van der Waals surface area (Å²) in [6, 6.07) is 2.77. The van der Waals surface area contributed by atoms with Crippen molar-refractivity contribution in [1.29, 1.82) is 0 Å². The molecule has 1 saturated heterocycles. The predicted molar refractivity (Wildman–Crippen MR) is 77.3 cm³/mol. The molecule has 0 aromatic carbocycles. The zero-order valence-corrected chi connectivity index (χ0v) is 12.4. The molecule has 2 heterocycles. The second-order valence-corrected chi connectivity index (χ2v) is 7.25. The minimum absolute atomic E-state index is 0.0480. The van der Waals surface area contributed by atoms with Crippen LogP contribution in [0.2, 0.25) is 0 Å². The number of nitrogens with zero attached hydrogens (tertiary/aromatic N) is 2. The number of aromatic nitrogens is 1. The van der Waals surface area contributed by atoms with Gasteiger partial charge in [0.2, 0.25) is 0 Å². The molecule has 1 fully saturated rings. The molecule has 0 aliphatic carbocycles. The zero-order chi connectivity index (χ0) is 15.5. The fraction of sp³-hybridized carbons (Fsp3) is 0.538. The minimum Gasteiger partial charge on any atom is -0.395 e. The van der Waals surface area contributed by atoms with E-state index in [0.717, 1.165) is 0 Å². The Morgan fingerprint density at radius 3 is 2.86 bits per heavy atom. The summed E-state index contributed by atoms with van der Waals surface area (Å²) in [6.45, 7) is 0.120. The maximum absolute atomic E-state index is 12.6. The van der Waals surface area contributed by atoms with E-state index in [2.05, 4.69) is 4.98 Å². The predicted octanol–water partition coefficient (Wildman–Crippen LogP) is -0.838. The molecule has 0 spiro atoms. The van der Waals surface area contributed by atoms with E-state index in [0.29, 0.717) is 17.7 Å². The Balaban J connectivity index is 2.23. The van der Waals surface area contributed by atoms with Crippen LogP contribution in [0.4, 0.5) is 0 Å². The summed E-state index contributed by atoms with van der Waals surface area (Å²) < 4.78 is 23.2. The van der Waals surface area contributed by atoms with Gasteiger partial charge in [0.25, 0.3) is 5.91 Å². The minimum atomic E-state index is -3.10. The van der Waals surface area contributed by atoms with Crippen molar-refractivity contribution >= 4 is 15.7 Å². The van der Waals surface area contributed by atoms with Gasteiger partial charge in [0.1, 0.15) is 0 Å². The van der Waals surface area contributed by atoms with Crippen molar-refractivity contribution in [2.45, 2.75) is 19.0 Å². The van der Waals surface area contributed by atoms with E-state index in [1.807, 2.05) is 0 Å². The monoisotopic (exact) mass is 313 g/mol. The Labute approximate surface area is 123 Å². The van der Waals surface area contributed by atoms with E-state index >= 15 is 0 Å². The maximum Gasteiger partial charge on any atom is 0.254 e. The van der Waals surface area contributed by atoms with Gasteiger partial charge in [-0.1, -0.05) is 0 Å². The highest BCUT2D eigenvalue weighted by molar-refractivity contribution is 7.91. The van der Waals surface area contributed by atoms with Crippen molar-refractivity contribution in [3.8, 4) is 0 Å². The molecule has 1 aromatic heterocycles. The summed E-state index contributed by atoms with van der Waals surface area (Å²) in [5.41, 5.74) is 6.50. The average molecular weight is 313 g/mol. The van der Waals surface area contributed by atoms with Gasteiger partial charge < -0.3 is 15.7 Å². The van der Waals surface area contributed by atoms with Crippen LogP contribution in [0.5, 0.6) is 0 Å². The molecular weight excluding hydrogens is 294 g/mol. The molecule has 1 aromatic rings. The number of nitrogens with two attached hydrogens (primary N) is 1. The largest absolute Gasteiger partial charge is 0.395 e. The second kappa shape index (κ2) is 6.50. The van der Waals surface area contributed by atoms with Gasteiger partial charge in [0, 0.05) is 30.9 Å². The van der Waals surface area contributed by atoms with Gasteiger partial charge in [-0.05, 0) is 18.6 Å².